The second-order valence-electron chi connectivity index (χ2n) is 2.33. The maximum atomic E-state index is 11.4. The summed E-state index contributed by atoms with van der Waals surface area (Å²) < 4.78 is 6.07. The molecule has 0 aliphatic heterocycles. The third kappa shape index (κ3) is 2.64. The average molecular weight is 675 g/mol. The molecule has 0 N–H and O–H groups in total. The third-order valence-corrected chi connectivity index (χ3v) is 5.38. The number of carbonyl (C=O) groups excluding carboxylic acids is 1. The number of nitrogens with zero attached hydrogens (tertiary/aromatic N) is 1. The van der Waals surface area contributed by atoms with Crippen molar-refractivity contribution >= 4 is 19.1 Å². The molecule has 0 saturated heterocycles. The molecule has 0 heterocycles. The van der Waals surface area contributed by atoms with Crippen LogP contribution in [0, 0.1) is 0 Å². The van der Waals surface area contributed by atoms with E-state index < -0.39 is 5.54 Å². The van der Waals surface area contributed by atoms with Gasteiger partial charge in [-0.05, 0) is 0 Å². The molecule has 0 aliphatic rings. The molecule has 0 unspecified atom stereocenters. The van der Waals surface area contributed by atoms with E-state index >= 15 is 0 Å². The van der Waals surface area contributed by atoms with Crippen molar-refractivity contribution in [2.75, 3.05) is 7.05 Å². The average Bonchev–Trinajstić information content (AvgIpc) is 2.06. The van der Waals surface area contributed by atoms with Crippen molar-refractivity contribution in [2.45, 2.75) is 12.5 Å². The van der Waals surface area contributed by atoms with Crippen molar-refractivity contribution < 1.29 is 62.9 Å². The van der Waals surface area contributed by atoms with Gasteiger partial charge in [0.25, 0.3) is 0 Å². The molecule has 66 valence electrons. The predicted molar refractivity (Wildman–Crippen MR) is 39.4 cm³/mol. The molecule has 0 amide bonds. The molecule has 0 aromatic carbocycles. The molecule has 0 bridgehead atoms. The van der Waals surface area contributed by atoms with Crippen LogP contribution in [0.15, 0.2) is 0 Å². The molecule has 0 atom stereocenters. The van der Waals surface area contributed by atoms with Gasteiger partial charge < -0.3 is 0 Å². The zero-order valence-electron chi connectivity index (χ0n) is 6.81. The van der Waals surface area contributed by atoms with Gasteiger partial charge in [0.1, 0.15) is 0 Å². The molecule has 12 heavy (non-hydrogen) atoms. The topological polar surface area (TPSA) is 20.3 Å². The summed E-state index contributed by atoms with van der Waals surface area (Å²) in [6.45, 7) is 1.65. The molecule has 0 aliphatic carbocycles. The van der Waals surface area contributed by atoms with Crippen LogP contribution in [0.3, 0.4) is 0 Å². The van der Waals surface area contributed by atoms with Crippen LogP contribution >= 0.6 is 0 Å². The van der Waals surface area contributed by atoms with Crippen molar-refractivity contribution in [3.05, 3.63) is 0 Å². The molecule has 0 rings (SSSR count). The number of Topliss-reactive ketones (excluding diaryl/α,β-unsaturated/α-hetero) is 1. The second-order valence-corrected chi connectivity index (χ2v) is 4.78. The molecular weight excluding hydrogens is 666 g/mol. The Kier molecular flexibility index (Phi) is 6.56. The van der Waals surface area contributed by atoms with E-state index in [9.17, 15) is 4.79 Å². The standard InChI is InChI=1S/C7H9NO.3W/c1-6(9)7(2,3)8(4)5;;;/h2-4H,1,5H3;;;. The van der Waals surface area contributed by atoms with Crippen LogP contribution in [0.2, 0.25) is 0 Å². The van der Waals surface area contributed by atoms with E-state index in [1.54, 1.807) is 6.92 Å². The first-order chi connectivity index (χ1) is 5.55. The van der Waals surface area contributed by atoms with Crippen LogP contribution in [0.4, 0.5) is 0 Å². The van der Waals surface area contributed by atoms with Gasteiger partial charge in [0.2, 0.25) is 0 Å². The van der Waals surface area contributed by atoms with Gasteiger partial charge in [0, 0.05) is 0 Å². The maximum absolute atomic E-state index is 11.4. The van der Waals surface area contributed by atoms with E-state index in [0.717, 1.165) is 0 Å². The number of hydrogen-bond donors (Lipinski definition) is 0. The molecular formula is C7H9NOW3. The van der Waals surface area contributed by atoms with E-state index in [4.69, 9.17) is 0 Å². The monoisotopic (exact) mass is 675 g/mol. The number of rotatable bonds is 5. The van der Waals surface area contributed by atoms with Crippen molar-refractivity contribution in [1.29, 1.82) is 0 Å². The second kappa shape index (κ2) is 5.92. The van der Waals surface area contributed by atoms with Gasteiger partial charge in [-0.3, -0.25) is 0 Å². The summed E-state index contributed by atoms with van der Waals surface area (Å²) in [7, 11) is 1.95. The van der Waals surface area contributed by atoms with E-state index in [2.05, 4.69) is 0 Å². The fourth-order valence-corrected chi connectivity index (χ4v) is 5.54. The van der Waals surface area contributed by atoms with E-state index in [1.165, 1.54) is 58.1 Å². The Labute approximate surface area is 105 Å². The van der Waals surface area contributed by atoms with Gasteiger partial charge >= 0.3 is 106 Å². The van der Waals surface area contributed by atoms with Gasteiger partial charge in [0.15, 0.2) is 0 Å². The summed E-state index contributed by atoms with van der Waals surface area (Å²) in [5.74, 6) is 0.201. The fourth-order valence-electron chi connectivity index (χ4n) is 0.696. The SMILES string of the molecule is CC(=O)C([CH]=[W])([CH]=[W])N(C)[CH]=[W]. The number of carbonyl (C=O) groups is 1. The Morgan fingerprint density at radius 1 is 1.33 bits per heavy atom. The zero-order chi connectivity index (χ0) is 9.78. The molecule has 2 nitrogen and oxygen atoms in total. The first-order valence-electron chi connectivity index (χ1n) is 3.17. The molecule has 0 saturated carbocycles. The molecule has 5 heteroatoms. The van der Waals surface area contributed by atoms with E-state index in [1.807, 2.05) is 25.3 Å². The van der Waals surface area contributed by atoms with Crippen molar-refractivity contribution in [3.8, 4) is 0 Å². The van der Waals surface area contributed by atoms with Crippen molar-refractivity contribution in [3.63, 3.8) is 0 Å². The van der Waals surface area contributed by atoms with Crippen LogP contribution in [-0.2, 0) is 62.9 Å². The van der Waals surface area contributed by atoms with Crippen molar-refractivity contribution in [1.82, 2.24) is 4.90 Å². The Morgan fingerprint density at radius 2 is 1.75 bits per heavy atom. The van der Waals surface area contributed by atoms with E-state index in [0.29, 0.717) is 0 Å². The first-order valence-corrected chi connectivity index (χ1v) is 8.25. The van der Waals surface area contributed by atoms with Gasteiger partial charge in [-0.2, -0.15) is 0 Å². The number of hydrogen-bond acceptors (Lipinski definition) is 2. The molecule has 0 spiro atoms. The van der Waals surface area contributed by atoms with Crippen LogP contribution in [0.25, 0.3) is 0 Å². The molecule has 0 radical (unpaired) electrons. The van der Waals surface area contributed by atoms with Gasteiger partial charge in [-0.15, -0.1) is 0 Å². The van der Waals surface area contributed by atoms with Crippen LogP contribution < -0.4 is 0 Å². The summed E-state index contributed by atoms with van der Waals surface area (Å²) in [6.07, 6.45) is 0. The molecule has 0 fully saturated rings. The number of likely N-dealkylation sites (N-methyl/N-ethyl adjacent to an activating group) is 1. The van der Waals surface area contributed by atoms with Crippen LogP contribution in [-0.4, -0.2) is 36.6 Å². The predicted octanol–water partition coefficient (Wildman–Crippen LogP) is -0.749. The summed E-state index contributed by atoms with van der Waals surface area (Å²) >= 11 is 4.04. The van der Waals surface area contributed by atoms with Gasteiger partial charge in [0.05, 0.1) is 0 Å². The van der Waals surface area contributed by atoms with Crippen LogP contribution in [0.5, 0.6) is 0 Å². The number of ketones is 1. The van der Waals surface area contributed by atoms with Crippen LogP contribution in [0.1, 0.15) is 6.92 Å². The fraction of sp³-hybridized carbons (Fsp3) is 0.429. The minimum absolute atomic E-state index is 0.201. The van der Waals surface area contributed by atoms with Crippen molar-refractivity contribution in [2.24, 2.45) is 0 Å². The first kappa shape index (κ1) is 13.3. The van der Waals surface area contributed by atoms with Gasteiger partial charge in [-0.25, -0.2) is 0 Å². The summed E-state index contributed by atoms with van der Waals surface area (Å²) in [5.41, 5.74) is -0.424. The summed E-state index contributed by atoms with van der Waals surface area (Å²) in [6, 6.07) is 0. The Hall–Kier alpha value is 1.30. The molecule has 0 aromatic heterocycles. The summed E-state index contributed by atoms with van der Waals surface area (Å²) in [5, 5.41) is 0. The quantitative estimate of drug-likeness (QED) is 0.383. The normalized spacial score (nSPS) is 10.9. The van der Waals surface area contributed by atoms with E-state index in [-0.39, 0.29) is 5.78 Å². The molecule has 0 aromatic rings. The van der Waals surface area contributed by atoms with Gasteiger partial charge in [-0.1, -0.05) is 0 Å². The Bertz CT molecular complexity index is 219. The summed E-state index contributed by atoms with van der Waals surface area (Å²) in [4.78, 5) is 13.4. The minimum atomic E-state index is -0.424. The third-order valence-electron chi connectivity index (χ3n) is 1.67. The Morgan fingerprint density at radius 3 is 1.83 bits per heavy atom. The zero-order valence-corrected chi connectivity index (χ0v) is 15.6. The Balaban J connectivity index is 5.07.